The second kappa shape index (κ2) is 8.05. The van der Waals surface area contributed by atoms with Crippen molar-refractivity contribution in [1.29, 1.82) is 0 Å². The molecule has 20 heavy (non-hydrogen) atoms. The minimum absolute atomic E-state index is 0.142. The summed E-state index contributed by atoms with van der Waals surface area (Å²) in [5, 5.41) is 3.07. The van der Waals surface area contributed by atoms with Crippen molar-refractivity contribution < 1.29 is 4.79 Å². The minimum atomic E-state index is -0.142. The van der Waals surface area contributed by atoms with Gasteiger partial charge in [-0.1, -0.05) is 5.57 Å². The normalized spacial score (nSPS) is 9.90. The van der Waals surface area contributed by atoms with Gasteiger partial charge in [0, 0.05) is 19.1 Å². The number of benzene rings is 1. The van der Waals surface area contributed by atoms with Gasteiger partial charge in [0.15, 0.2) is 0 Å². The zero-order valence-corrected chi connectivity index (χ0v) is 16.2. The van der Waals surface area contributed by atoms with E-state index in [1.165, 1.54) is 0 Å². The summed E-state index contributed by atoms with van der Waals surface area (Å²) in [5.41, 5.74) is 8.40. The Kier molecular flexibility index (Phi) is 7.05. The predicted molar refractivity (Wildman–Crippen MR) is 93.4 cm³/mol. The first-order chi connectivity index (χ1) is 9.31. The van der Waals surface area contributed by atoms with E-state index in [-0.39, 0.29) is 12.5 Å². The first-order valence-electron chi connectivity index (χ1n) is 5.88. The number of halogens is 3. The summed E-state index contributed by atoms with van der Waals surface area (Å²) in [5.74, 6) is -0.142. The van der Waals surface area contributed by atoms with E-state index in [2.05, 4.69) is 64.0 Å². The Morgan fingerprint density at radius 2 is 1.60 bits per heavy atom. The van der Waals surface area contributed by atoms with E-state index in [0.29, 0.717) is 0 Å². The quantitative estimate of drug-likeness (QED) is 0.444. The molecule has 0 saturated heterocycles. The number of anilines is 1. The lowest BCUT2D eigenvalue weighted by atomic mass is 10.3. The molecule has 0 unspecified atom stereocenters. The van der Waals surface area contributed by atoms with Crippen LogP contribution in [0.5, 0.6) is 0 Å². The van der Waals surface area contributed by atoms with Crippen molar-refractivity contribution in [3.05, 3.63) is 36.8 Å². The average molecular weight is 470 g/mol. The fourth-order valence-corrected chi connectivity index (χ4v) is 2.64. The first-order valence-corrected chi connectivity index (χ1v) is 8.26. The number of amides is 1. The number of allylic oxidation sites excluding steroid dienone is 2. The average Bonchev–Trinajstić information content (AvgIpc) is 2.38. The Bertz CT molecular complexity index is 540. The van der Waals surface area contributed by atoms with Gasteiger partial charge in [-0.15, -0.1) is 0 Å². The Morgan fingerprint density at radius 3 is 2.20 bits per heavy atom. The van der Waals surface area contributed by atoms with Gasteiger partial charge in [0.25, 0.3) is 5.91 Å². The second-order valence-corrected chi connectivity index (χ2v) is 6.96. The van der Waals surface area contributed by atoms with Gasteiger partial charge in [-0.3, -0.25) is 10.2 Å². The summed E-state index contributed by atoms with van der Waals surface area (Å²) in [6, 6.07) is 3.81. The molecule has 1 aromatic rings. The van der Waals surface area contributed by atoms with Crippen molar-refractivity contribution in [2.75, 3.05) is 11.9 Å². The van der Waals surface area contributed by atoms with Gasteiger partial charge in [0.1, 0.15) is 0 Å². The van der Waals surface area contributed by atoms with Crippen molar-refractivity contribution in [3.8, 4) is 0 Å². The summed E-state index contributed by atoms with van der Waals surface area (Å²) < 4.78 is 2.75. The van der Waals surface area contributed by atoms with Crippen LogP contribution in [0.1, 0.15) is 20.8 Å². The lowest BCUT2D eigenvalue weighted by Gasteiger charge is -2.12. The molecule has 1 rings (SSSR count). The Balaban J connectivity index is 2.54. The highest BCUT2D eigenvalue weighted by Crippen LogP contribution is 2.32. The van der Waals surface area contributed by atoms with Gasteiger partial charge in [0.05, 0.1) is 12.2 Å². The van der Waals surface area contributed by atoms with Crippen molar-refractivity contribution in [2.24, 2.45) is 0 Å². The molecule has 0 bridgehead atoms. The highest BCUT2D eigenvalue weighted by atomic mass is 79.9. The van der Waals surface area contributed by atoms with Gasteiger partial charge < -0.3 is 10.7 Å². The van der Waals surface area contributed by atoms with E-state index in [9.17, 15) is 4.79 Å². The topological polar surface area (TPSA) is 53.2 Å². The third kappa shape index (κ3) is 5.46. The van der Waals surface area contributed by atoms with Gasteiger partial charge in [-0.05, 0) is 80.7 Å². The summed E-state index contributed by atoms with van der Waals surface area (Å²) in [6.07, 6.45) is 0. The van der Waals surface area contributed by atoms with E-state index in [1.54, 1.807) is 0 Å². The van der Waals surface area contributed by atoms with Crippen molar-refractivity contribution >= 4 is 59.4 Å². The first kappa shape index (κ1) is 17.5. The van der Waals surface area contributed by atoms with Crippen LogP contribution < -0.4 is 16.2 Å². The molecule has 7 heteroatoms. The molecule has 110 valence electrons. The molecule has 1 aromatic carbocycles. The van der Waals surface area contributed by atoms with Crippen LogP contribution in [-0.2, 0) is 4.79 Å². The fraction of sp³-hybridized carbons (Fsp3) is 0.308. The molecule has 0 heterocycles. The number of hydrazine groups is 1. The Morgan fingerprint density at radius 1 is 1.00 bits per heavy atom. The van der Waals surface area contributed by atoms with Crippen molar-refractivity contribution in [3.63, 3.8) is 0 Å². The highest BCUT2D eigenvalue weighted by molar-refractivity contribution is 9.13. The summed E-state index contributed by atoms with van der Waals surface area (Å²) in [4.78, 5) is 11.7. The molecule has 4 nitrogen and oxygen atoms in total. The van der Waals surface area contributed by atoms with Crippen LogP contribution in [-0.4, -0.2) is 12.5 Å². The van der Waals surface area contributed by atoms with Gasteiger partial charge in [-0.2, -0.15) is 0 Å². The van der Waals surface area contributed by atoms with Crippen LogP contribution in [0.2, 0.25) is 0 Å². The van der Waals surface area contributed by atoms with E-state index in [0.717, 1.165) is 30.4 Å². The zero-order chi connectivity index (χ0) is 15.3. The lowest BCUT2D eigenvalue weighted by molar-refractivity contribution is -0.120. The molecule has 0 radical (unpaired) electrons. The number of hydrogen-bond acceptors (Lipinski definition) is 3. The molecule has 0 aliphatic carbocycles. The van der Waals surface area contributed by atoms with Crippen molar-refractivity contribution in [2.45, 2.75) is 20.8 Å². The van der Waals surface area contributed by atoms with Crippen LogP contribution in [0, 0.1) is 0 Å². The summed E-state index contributed by atoms with van der Waals surface area (Å²) in [6.45, 7) is 6.04. The molecule has 0 fully saturated rings. The van der Waals surface area contributed by atoms with Crippen LogP contribution in [0.3, 0.4) is 0 Å². The number of nitrogens with one attached hydrogen (secondary N) is 3. The maximum absolute atomic E-state index is 11.7. The van der Waals surface area contributed by atoms with Gasteiger partial charge in [0.2, 0.25) is 0 Å². The fourth-order valence-electron chi connectivity index (χ4n) is 1.17. The van der Waals surface area contributed by atoms with Gasteiger partial charge >= 0.3 is 0 Å². The Hall–Kier alpha value is -0.530. The summed E-state index contributed by atoms with van der Waals surface area (Å²) in [7, 11) is 0. The minimum Gasteiger partial charge on any atom is -0.375 e. The summed E-state index contributed by atoms with van der Waals surface area (Å²) >= 11 is 10.3. The molecule has 0 aromatic heterocycles. The van der Waals surface area contributed by atoms with Crippen LogP contribution >= 0.6 is 47.8 Å². The molecule has 1 amide bonds. The third-order valence-electron chi connectivity index (χ3n) is 2.59. The van der Waals surface area contributed by atoms with Crippen LogP contribution in [0.15, 0.2) is 36.8 Å². The number of rotatable bonds is 5. The van der Waals surface area contributed by atoms with E-state index < -0.39 is 0 Å². The molecule has 0 saturated carbocycles. The second-order valence-electron chi connectivity index (χ2n) is 4.40. The predicted octanol–water partition coefficient (Wildman–Crippen LogP) is 4.32. The molecule has 0 aliphatic rings. The largest absolute Gasteiger partial charge is 0.375 e. The molecule has 0 aliphatic heterocycles. The SMILES string of the molecule is CC(C)=C(C)NNC(=O)CNc1cc(Br)c(Br)cc1Br. The maximum atomic E-state index is 11.7. The third-order valence-corrected chi connectivity index (χ3v) is 5.09. The molecular formula is C13H16Br3N3O. The molecular weight excluding hydrogens is 454 g/mol. The van der Waals surface area contributed by atoms with E-state index in [4.69, 9.17) is 0 Å². The molecule has 0 atom stereocenters. The van der Waals surface area contributed by atoms with Crippen LogP contribution in [0.4, 0.5) is 5.69 Å². The lowest BCUT2D eigenvalue weighted by Crippen LogP contribution is -2.39. The van der Waals surface area contributed by atoms with E-state index in [1.807, 2.05) is 32.9 Å². The monoisotopic (exact) mass is 467 g/mol. The molecule has 0 spiro atoms. The number of hydrogen-bond donors (Lipinski definition) is 3. The Labute approximate surface area is 144 Å². The van der Waals surface area contributed by atoms with Gasteiger partial charge in [-0.25, -0.2) is 0 Å². The smallest absolute Gasteiger partial charge is 0.257 e. The van der Waals surface area contributed by atoms with Crippen molar-refractivity contribution in [1.82, 2.24) is 10.9 Å². The standard InChI is InChI=1S/C13H16Br3N3O/c1-7(2)8(3)18-19-13(20)6-17-12-5-10(15)9(14)4-11(12)16/h4-5,17-18H,6H2,1-3H3,(H,19,20). The number of carbonyl (C=O) groups is 1. The van der Waals surface area contributed by atoms with Crippen LogP contribution in [0.25, 0.3) is 0 Å². The number of carbonyl (C=O) groups excluding carboxylic acids is 1. The maximum Gasteiger partial charge on any atom is 0.257 e. The highest BCUT2D eigenvalue weighted by Gasteiger charge is 2.07. The van der Waals surface area contributed by atoms with E-state index >= 15 is 0 Å². The zero-order valence-electron chi connectivity index (χ0n) is 11.4. The molecule has 3 N–H and O–H groups in total.